The van der Waals surface area contributed by atoms with E-state index in [-0.39, 0.29) is 0 Å². The maximum Gasteiger partial charge on any atom is 0.210 e. The third kappa shape index (κ3) is 3.29. The average molecular weight is 290 g/mol. The van der Waals surface area contributed by atoms with Crippen LogP contribution >= 0.6 is 0 Å². The minimum absolute atomic E-state index is 0.628. The molecule has 0 saturated carbocycles. The molecule has 1 aliphatic heterocycles. The Kier molecular flexibility index (Phi) is 5.37. The fraction of sp³-hybridized carbons (Fsp3) is 0.429. The third-order valence-corrected chi connectivity index (χ3v) is 5.06. The molecule has 0 unspecified atom stereocenters. The number of hydrogen-bond acceptors (Lipinski definition) is 0. The Morgan fingerprint density at radius 2 is 1.14 bits per heavy atom. The van der Waals surface area contributed by atoms with Gasteiger partial charge in [-0.1, -0.05) is 118 Å². The summed E-state index contributed by atoms with van der Waals surface area (Å²) in [5.74, 6) is 0. The van der Waals surface area contributed by atoms with E-state index in [1.165, 1.54) is 62.4 Å². The van der Waals surface area contributed by atoms with E-state index in [9.17, 15) is 0 Å². The van der Waals surface area contributed by atoms with Gasteiger partial charge in [-0.25, -0.2) is 0 Å². The van der Waals surface area contributed by atoms with Gasteiger partial charge in [0.2, 0.25) is 6.71 Å². The van der Waals surface area contributed by atoms with Gasteiger partial charge in [-0.2, -0.15) is 0 Å². The molecular formula is C21H27B. The van der Waals surface area contributed by atoms with Gasteiger partial charge >= 0.3 is 0 Å². The van der Waals surface area contributed by atoms with Gasteiger partial charge in [-0.05, 0) is 11.1 Å². The van der Waals surface area contributed by atoms with Gasteiger partial charge in [0.25, 0.3) is 0 Å². The van der Waals surface area contributed by atoms with Gasteiger partial charge in [0.15, 0.2) is 0 Å². The SMILES string of the molecule is CCCCCCCCCB1c2ccccc2-c2ccccc21. The van der Waals surface area contributed by atoms with Crippen molar-refractivity contribution >= 4 is 17.6 Å². The minimum Gasteiger partial charge on any atom is -0.0668 e. The Labute approximate surface area is 136 Å². The van der Waals surface area contributed by atoms with Crippen LogP contribution in [0.4, 0.5) is 0 Å². The van der Waals surface area contributed by atoms with Gasteiger partial charge in [-0.3, -0.25) is 0 Å². The summed E-state index contributed by atoms with van der Waals surface area (Å²) in [6, 6.07) is 18.0. The summed E-state index contributed by atoms with van der Waals surface area (Å²) in [6.07, 6.45) is 11.1. The van der Waals surface area contributed by atoms with Crippen molar-refractivity contribution in [1.82, 2.24) is 0 Å². The zero-order chi connectivity index (χ0) is 15.2. The van der Waals surface area contributed by atoms with Crippen LogP contribution in [-0.4, -0.2) is 6.71 Å². The van der Waals surface area contributed by atoms with Crippen molar-refractivity contribution in [2.24, 2.45) is 0 Å². The third-order valence-electron chi connectivity index (χ3n) is 5.06. The van der Waals surface area contributed by atoms with Crippen molar-refractivity contribution in [3.63, 3.8) is 0 Å². The molecule has 0 N–H and O–H groups in total. The Morgan fingerprint density at radius 1 is 0.636 bits per heavy atom. The summed E-state index contributed by atoms with van der Waals surface area (Å²) in [6.45, 7) is 2.91. The molecule has 0 amide bonds. The van der Waals surface area contributed by atoms with Crippen LogP contribution < -0.4 is 10.9 Å². The van der Waals surface area contributed by atoms with Gasteiger partial charge in [0.05, 0.1) is 0 Å². The highest BCUT2D eigenvalue weighted by Gasteiger charge is 2.30. The first-order valence-electron chi connectivity index (χ1n) is 9.10. The molecule has 0 nitrogen and oxygen atoms in total. The Hall–Kier alpha value is -1.50. The molecule has 2 aromatic rings. The molecule has 1 heterocycles. The largest absolute Gasteiger partial charge is 0.210 e. The molecule has 0 radical (unpaired) electrons. The smallest absolute Gasteiger partial charge is 0.0668 e. The van der Waals surface area contributed by atoms with E-state index < -0.39 is 0 Å². The number of hydrogen-bond donors (Lipinski definition) is 0. The monoisotopic (exact) mass is 290 g/mol. The fourth-order valence-corrected chi connectivity index (χ4v) is 3.88. The van der Waals surface area contributed by atoms with E-state index in [0.717, 1.165) is 0 Å². The fourth-order valence-electron chi connectivity index (χ4n) is 3.88. The molecule has 1 heteroatoms. The molecule has 0 aromatic heterocycles. The molecule has 1 aliphatic rings. The summed E-state index contributed by atoms with van der Waals surface area (Å²) < 4.78 is 0. The number of fused-ring (bicyclic) bond motifs is 3. The van der Waals surface area contributed by atoms with Crippen molar-refractivity contribution in [2.75, 3.05) is 0 Å². The second kappa shape index (κ2) is 7.67. The molecule has 0 spiro atoms. The molecule has 22 heavy (non-hydrogen) atoms. The second-order valence-electron chi connectivity index (χ2n) is 6.64. The van der Waals surface area contributed by atoms with Gasteiger partial charge in [0.1, 0.15) is 0 Å². The van der Waals surface area contributed by atoms with E-state index in [0.29, 0.717) is 6.71 Å². The topological polar surface area (TPSA) is 0 Å². The zero-order valence-electron chi connectivity index (χ0n) is 13.9. The van der Waals surface area contributed by atoms with Crippen LogP contribution in [0.1, 0.15) is 51.9 Å². The highest BCUT2D eigenvalue weighted by atomic mass is 14.1. The van der Waals surface area contributed by atoms with Crippen molar-refractivity contribution < 1.29 is 0 Å². The molecule has 114 valence electrons. The summed E-state index contributed by atoms with van der Waals surface area (Å²) in [5.41, 5.74) is 6.03. The van der Waals surface area contributed by atoms with Crippen LogP contribution in [0.5, 0.6) is 0 Å². The van der Waals surface area contributed by atoms with Crippen LogP contribution in [0.3, 0.4) is 0 Å². The van der Waals surface area contributed by atoms with Crippen molar-refractivity contribution in [3.05, 3.63) is 48.5 Å². The lowest BCUT2D eigenvalue weighted by Crippen LogP contribution is -2.37. The maximum atomic E-state index is 2.33. The van der Waals surface area contributed by atoms with Crippen LogP contribution in [0.25, 0.3) is 11.1 Å². The summed E-state index contributed by atoms with van der Waals surface area (Å²) in [5, 5.41) is 0. The molecule has 2 aromatic carbocycles. The first-order chi connectivity index (χ1) is 10.9. The molecule has 3 rings (SSSR count). The van der Waals surface area contributed by atoms with Crippen molar-refractivity contribution in [3.8, 4) is 11.1 Å². The van der Waals surface area contributed by atoms with E-state index in [1.807, 2.05) is 0 Å². The standard InChI is InChI=1S/C21H27B/c1-2-3-4-5-6-7-12-17-22-20-15-10-8-13-18(20)19-14-9-11-16-21(19)22/h8-11,13-16H,2-7,12,17H2,1H3. The first kappa shape index (κ1) is 15.4. The lowest BCUT2D eigenvalue weighted by atomic mass is 9.40. The van der Waals surface area contributed by atoms with Gasteiger partial charge < -0.3 is 0 Å². The summed E-state index contributed by atoms with van der Waals surface area (Å²) in [4.78, 5) is 0. The predicted molar refractivity (Wildman–Crippen MR) is 99.7 cm³/mol. The normalized spacial score (nSPS) is 12.3. The van der Waals surface area contributed by atoms with Crippen LogP contribution in [-0.2, 0) is 0 Å². The maximum absolute atomic E-state index is 2.33. The molecule has 0 fully saturated rings. The van der Waals surface area contributed by atoms with Crippen LogP contribution in [0.15, 0.2) is 48.5 Å². The number of rotatable bonds is 8. The van der Waals surface area contributed by atoms with Crippen molar-refractivity contribution in [1.29, 1.82) is 0 Å². The lowest BCUT2D eigenvalue weighted by molar-refractivity contribution is 0.601. The highest BCUT2D eigenvalue weighted by Crippen LogP contribution is 2.24. The van der Waals surface area contributed by atoms with E-state index >= 15 is 0 Å². The highest BCUT2D eigenvalue weighted by molar-refractivity contribution is 6.89. The first-order valence-corrected chi connectivity index (χ1v) is 9.10. The van der Waals surface area contributed by atoms with Crippen molar-refractivity contribution in [2.45, 2.75) is 58.2 Å². The summed E-state index contributed by atoms with van der Waals surface area (Å²) in [7, 11) is 0. The summed E-state index contributed by atoms with van der Waals surface area (Å²) >= 11 is 0. The van der Waals surface area contributed by atoms with E-state index in [1.54, 1.807) is 10.9 Å². The Balaban J connectivity index is 1.60. The molecule has 0 aliphatic carbocycles. The van der Waals surface area contributed by atoms with Crippen LogP contribution in [0.2, 0.25) is 6.32 Å². The zero-order valence-corrected chi connectivity index (χ0v) is 13.9. The van der Waals surface area contributed by atoms with Crippen LogP contribution in [0, 0.1) is 0 Å². The second-order valence-corrected chi connectivity index (χ2v) is 6.64. The number of benzene rings is 2. The molecule has 0 saturated heterocycles. The van der Waals surface area contributed by atoms with E-state index in [2.05, 4.69) is 55.5 Å². The molecular weight excluding hydrogens is 263 g/mol. The lowest BCUT2D eigenvalue weighted by Gasteiger charge is -2.09. The number of unbranched alkanes of at least 4 members (excludes halogenated alkanes) is 6. The Bertz CT molecular complexity index is 557. The molecule has 0 atom stereocenters. The minimum atomic E-state index is 0.628. The molecule has 0 bridgehead atoms. The van der Waals surface area contributed by atoms with Gasteiger partial charge in [0, 0.05) is 0 Å². The van der Waals surface area contributed by atoms with Gasteiger partial charge in [-0.15, -0.1) is 0 Å². The predicted octanol–water partition coefficient (Wildman–Crippen LogP) is 5.03. The van der Waals surface area contributed by atoms with E-state index in [4.69, 9.17) is 0 Å². The Morgan fingerprint density at radius 3 is 1.73 bits per heavy atom. The average Bonchev–Trinajstić information content (AvgIpc) is 2.89. The quantitative estimate of drug-likeness (QED) is 0.472.